The highest BCUT2D eigenvalue weighted by Crippen LogP contribution is 2.24. The Morgan fingerprint density at radius 2 is 1.72 bits per heavy atom. The van der Waals surface area contributed by atoms with E-state index >= 15 is 0 Å². The Bertz CT molecular complexity index is 1150. The van der Waals surface area contributed by atoms with Crippen LogP contribution in [-0.2, 0) is 0 Å². The maximum atomic E-state index is 12.8. The molecule has 7 heteroatoms. The Morgan fingerprint density at radius 3 is 2.45 bits per heavy atom. The highest BCUT2D eigenvalue weighted by atomic mass is 16.3. The molecule has 7 nitrogen and oxygen atoms in total. The minimum absolute atomic E-state index is 0.101. The van der Waals surface area contributed by atoms with Gasteiger partial charge in [0.25, 0.3) is 5.91 Å². The van der Waals surface area contributed by atoms with Gasteiger partial charge in [0.05, 0.1) is 17.5 Å². The normalized spacial score (nSPS) is 10.5. The molecule has 0 unspecified atom stereocenters. The number of hydrazine groups is 1. The summed E-state index contributed by atoms with van der Waals surface area (Å²) in [4.78, 5) is 24.9. The molecule has 0 spiro atoms. The van der Waals surface area contributed by atoms with Crippen LogP contribution in [0.2, 0.25) is 0 Å². The third kappa shape index (κ3) is 3.93. The molecular weight excluding hydrogens is 368 g/mol. The van der Waals surface area contributed by atoms with Crippen molar-refractivity contribution >= 4 is 11.8 Å². The Hall–Kier alpha value is -4.13. The second-order valence-electron chi connectivity index (χ2n) is 6.43. The minimum atomic E-state index is -0.545. The zero-order valence-electron chi connectivity index (χ0n) is 15.6. The van der Waals surface area contributed by atoms with Gasteiger partial charge in [-0.25, -0.2) is 4.68 Å². The van der Waals surface area contributed by atoms with Crippen molar-refractivity contribution in [3.63, 3.8) is 0 Å². The predicted molar refractivity (Wildman–Crippen MR) is 107 cm³/mol. The highest BCUT2D eigenvalue weighted by molar-refractivity contribution is 6.01. The van der Waals surface area contributed by atoms with Gasteiger partial charge in [0, 0.05) is 11.8 Å². The second-order valence-corrected chi connectivity index (χ2v) is 6.43. The molecule has 0 saturated carbocycles. The van der Waals surface area contributed by atoms with E-state index in [4.69, 9.17) is 4.42 Å². The van der Waals surface area contributed by atoms with Crippen LogP contribution >= 0.6 is 0 Å². The fraction of sp³-hybridized carbons (Fsp3) is 0.0455. The minimum Gasteiger partial charge on any atom is -0.459 e. The molecule has 4 rings (SSSR count). The lowest BCUT2D eigenvalue weighted by molar-refractivity contribution is 0.0831. The van der Waals surface area contributed by atoms with E-state index < -0.39 is 11.8 Å². The molecule has 2 amide bonds. The standard InChI is InChI=1S/C22H18N4O3/c1-15-7-5-8-16(13-15)20-18(14-26(25-20)17-9-3-2-4-10-17)21(27)23-24-22(28)19-11-6-12-29-19/h2-14H,1H3,(H,23,27)(H,24,28). The maximum absolute atomic E-state index is 12.8. The number of aryl methyl sites for hydroxylation is 1. The molecule has 0 radical (unpaired) electrons. The smallest absolute Gasteiger partial charge is 0.305 e. The number of benzene rings is 2. The van der Waals surface area contributed by atoms with Crippen LogP contribution in [0.4, 0.5) is 0 Å². The van der Waals surface area contributed by atoms with E-state index in [0.717, 1.165) is 16.8 Å². The quantitative estimate of drug-likeness (QED) is 0.525. The topological polar surface area (TPSA) is 89.2 Å². The van der Waals surface area contributed by atoms with Gasteiger partial charge in [-0.2, -0.15) is 5.10 Å². The summed E-state index contributed by atoms with van der Waals surface area (Å²) in [6.45, 7) is 1.97. The zero-order valence-corrected chi connectivity index (χ0v) is 15.6. The molecule has 2 N–H and O–H groups in total. The Morgan fingerprint density at radius 1 is 0.931 bits per heavy atom. The predicted octanol–water partition coefficient (Wildman–Crippen LogP) is 3.52. The van der Waals surface area contributed by atoms with Crippen LogP contribution in [0, 0.1) is 6.92 Å². The molecule has 0 saturated heterocycles. The number of furan rings is 1. The number of para-hydroxylation sites is 1. The van der Waals surface area contributed by atoms with E-state index in [1.165, 1.54) is 12.3 Å². The van der Waals surface area contributed by atoms with Crippen LogP contribution in [-0.4, -0.2) is 21.6 Å². The summed E-state index contributed by atoms with van der Waals surface area (Å²) in [6, 6.07) is 20.3. The summed E-state index contributed by atoms with van der Waals surface area (Å²) in [7, 11) is 0. The lowest BCUT2D eigenvalue weighted by Gasteiger charge is -2.06. The highest BCUT2D eigenvalue weighted by Gasteiger charge is 2.20. The van der Waals surface area contributed by atoms with Gasteiger partial charge in [-0.05, 0) is 37.3 Å². The molecule has 2 aromatic heterocycles. The van der Waals surface area contributed by atoms with Gasteiger partial charge in [0.1, 0.15) is 5.69 Å². The zero-order chi connectivity index (χ0) is 20.2. The summed E-state index contributed by atoms with van der Waals surface area (Å²) in [5.74, 6) is -0.927. The molecule has 0 aliphatic rings. The molecule has 0 aliphatic heterocycles. The largest absolute Gasteiger partial charge is 0.459 e. The molecule has 4 aromatic rings. The third-order valence-corrected chi connectivity index (χ3v) is 4.31. The van der Waals surface area contributed by atoms with Gasteiger partial charge in [-0.15, -0.1) is 0 Å². The van der Waals surface area contributed by atoms with Crippen LogP contribution in [0.3, 0.4) is 0 Å². The van der Waals surface area contributed by atoms with Crippen molar-refractivity contribution in [3.8, 4) is 16.9 Å². The van der Waals surface area contributed by atoms with E-state index in [0.29, 0.717) is 11.3 Å². The number of carbonyl (C=O) groups excluding carboxylic acids is 2. The van der Waals surface area contributed by atoms with E-state index in [1.54, 1.807) is 16.9 Å². The number of amides is 2. The Kier molecular flexibility index (Phi) is 4.94. The molecule has 2 aromatic carbocycles. The van der Waals surface area contributed by atoms with Crippen molar-refractivity contribution < 1.29 is 14.0 Å². The van der Waals surface area contributed by atoms with Gasteiger partial charge < -0.3 is 4.42 Å². The van der Waals surface area contributed by atoms with Gasteiger partial charge in [0.15, 0.2) is 5.76 Å². The first-order valence-electron chi connectivity index (χ1n) is 8.98. The number of carbonyl (C=O) groups is 2. The van der Waals surface area contributed by atoms with Gasteiger partial charge in [-0.1, -0.05) is 42.0 Å². The average Bonchev–Trinajstić information content (AvgIpc) is 3.43. The first-order valence-corrected chi connectivity index (χ1v) is 8.98. The van der Waals surface area contributed by atoms with Crippen molar-refractivity contribution in [3.05, 3.63) is 96.1 Å². The molecule has 0 atom stereocenters. The molecular formula is C22H18N4O3. The van der Waals surface area contributed by atoms with Gasteiger partial charge in [-0.3, -0.25) is 20.4 Å². The SMILES string of the molecule is Cc1cccc(-c2nn(-c3ccccc3)cc2C(=O)NNC(=O)c2ccco2)c1. The number of aromatic nitrogens is 2. The molecule has 2 heterocycles. The van der Waals surface area contributed by atoms with Crippen LogP contribution < -0.4 is 10.9 Å². The molecule has 0 aliphatic carbocycles. The Balaban J connectivity index is 1.66. The number of nitrogens with one attached hydrogen (secondary N) is 2. The summed E-state index contributed by atoms with van der Waals surface area (Å²) < 4.78 is 6.66. The summed E-state index contributed by atoms with van der Waals surface area (Å²) in [5.41, 5.74) is 8.30. The fourth-order valence-corrected chi connectivity index (χ4v) is 2.91. The monoisotopic (exact) mass is 386 g/mol. The van der Waals surface area contributed by atoms with Crippen LogP contribution in [0.1, 0.15) is 26.5 Å². The van der Waals surface area contributed by atoms with Crippen molar-refractivity contribution in [2.75, 3.05) is 0 Å². The summed E-state index contributed by atoms with van der Waals surface area (Å²) >= 11 is 0. The lowest BCUT2D eigenvalue weighted by atomic mass is 10.1. The second kappa shape index (κ2) is 7.85. The Labute approximate surface area is 166 Å². The van der Waals surface area contributed by atoms with Crippen LogP contribution in [0.25, 0.3) is 16.9 Å². The van der Waals surface area contributed by atoms with Crippen LogP contribution in [0.15, 0.2) is 83.6 Å². The number of hydrogen-bond donors (Lipinski definition) is 2. The molecule has 0 fully saturated rings. The van der Waals surface area contributed by atoms with E-state index in [1.807, 2.05) is 61.5 Å². The number of rotatable bonds is 4. The van der Waals surface area contributed by atoms with Gasteiger partial charge >= 0.3 is 5.91 Å². The van der Waals surface area contributed by atoms with Crippen LogP contribution in [0.5, 0.6) is 0 Å². The summed E-state index contributed by atoms with van der Waals surface area (Å²) in [6.07, 6.45) is 3.03. The molecule has 144 valence electrons. The molecule has 0 bridgehead atoms. The number of nitrogens with zero attached hydrogens (tertiary/aromatic N) is 2. The van der Waals surface area contributed by atoms with Crippen molar-refractivity contribution in [2.24, 2.45) is 0 Å². The van der Waals surface area contributed by atoms with Crippen molar-refractivity contribution in [1.29, 1.82) is 0 Å². The van der Waals surface area contributed by atoms with E-state index in [9.17, 15) is 9.59 Å². The van der Waals surface area contributed by atoms with Crippen molar-refractivity contribution in [1.82, 2.24) is 20.6 Å². The lowest BCUT2D eigenvalue weighted by Crippen LogP contribution is -2.41. The van der Waals surface area contributed by atoms with Crippen molar-refractivity contribution in [2.45, 2.75) is 6.92 Å². The van der Waals surface area contributed by atoms with Gasteiger partial charge in [0.2, 0.25) is 0 Å². The third-order valence-electron chi connectivity index (χ3n) is 4.31. The van der Waals surface area contributed by atoms with E-state index in [2.05, 4.69) is 16.0 Å². The maximum Gasteiger partial charge on any atom is 0.305 e. The number of hydrogen-bond acceptors (Lipinski definition) is 4. The average molecular weight is 386 g/mol. The van der Waals surface area contributed by atoms with E-state index in [-0.39, 0.29) is 5.76 Å². The summed E-state index contributed by atoms with van der Waals surface area (Å²) in [5, 5.41) is 4.61. The first-order chi connectivity index (χ1) is 14.1. The fourth-order valence-electron chi connectivity index (χ4n) is 2.91. The first kappa shape index (κ1) is 18.2. The molecule has 29 heavy (non-hydrogen) atoms.